The molecule has 0 aliphatic rings. The van der Waals surface area contributed by atoms with Crippen LogP contribution in [0.3, 0.4) is 0 Å². The van der Waals surface area contributed by atoms with Crippen LogP contribution in [0, 0.1) is 0 Å². The van der Waals surface area contributed by atoms with E-state index in [1.165, 1.54) is 19.1 Å². The number of nitrogens with one attached hydrogen (secondary N) is 2. The fourth-order valence-electron chi connectivity index (χ4n) is 4.33. The first-order valence-corrected chi connectivity index (χ1v) is 14.6. The number of allylic oxidation sites excluding steroid dienone is 1. The van der Waals surface area contributed by atoms with Gasteiger partial charge in [-0.15, -0.1) is 0 Å². The van der Waals surface area contributed by atoms with Crippen molar-refractivity contribution in [3.8, 4) is 11.5 Å². The van der Waals surface area contributed by atoms with Gasteiger partial charge in [0.05, 0.1) is 11.4 Å². The molecule has 0 aliphatic heterocycles. The number of nitrogen functional groups attached to an aromatic ring is 1. The number of anilines is 3. The molecular weight excluding hydrogens is 626 g/mol. The number of nitrogens with two attached hydrogens (primary N) is 1. The van der Waals surface area contributed by atoms with Crippen molar-refractivity contribution in [3.63, 3.8) is 0 Å². The first-order valence-electron chi connectivity index (χ1n) is 13.8. The number of phenolic OH excluding ortho intramolecular Hbond substituents is 1. The van der Waals surface area contributed by atoms with Gasteiger partial charge in [-0.05, 0) is 92.6 Å². The van der Waals surface area contributed by atoms with Crippen LogP contribution >= 0.6 is 15.9 Å². The van der Waals surface area contributed by atoms with Crippen LogP contribution in [-0.2, 0) is 9.53 Å². The number of amides is 2. The minimum Gasteiger partial charge on any atom is -0.508 e. The van der Waals surface area contributed by atoms with E-state index in [1.807, 2.05) is 18.2 Å². The number of Topliss-reactive ketones (excluding diaryl/α,β-unsaturated/α-hetero) is 1. The number of ketones is 1. The average molecular weight is 659 g/mol. The Morgan fingerprint density at radius 3 is 2.34 bits per heavy atom. The number of carbonyl (C=O) groups is 3. The molecular formula is C34H32BrN3O6. The van der Waals surface area contributed by atoms with Gasteiger partial charge in [0.15, 0.2) is 11.9 Å². The van der Waals surface area contributed by atoms with Crippen molar-refractivity contribution in [2.24, 2.45) is 0 Å². The van der Waals surface area contributed by atoms with E-state index >= 15 is 0 Å². The number of rotatable bonds is 12. The van der Waals surface area contributed by atoms with E-state index in [0.717, 1.165) is 0 Å². The molecule has 2 atom stereocenters. The molecule has 0 unspecified atom stereocenters. The second-order valence-corrected chi connectivity index (χ2v) is 10.7. The summed E-state index contributed by atoms with van der Waals surface area (Å²) in [7, 11) is 0. The zero-order valence-electron chi connectivity index (χ0n) is 23.9. The fourth-order valence-corrected chi connectivity index (χ4v) is 4.70. The van der Waals surface area contributed by atoms with Crippen LogP contribution in [0.25, 0.3) is 0 Å². The monoisotopic (exact) mass is 657 g/mol. The summed E-state index contributed by atoms with van der Waals surface area (Å²) in [4.78, 5) is 37.3. The number of phenols is 1. The van der Waals surface area contributed by atoms with Crippen LogP contribution in [0.4, 0.5) is 21.9 Å². The highest BCUT2D eigenvalue weighted by Crippen LogP contribution is 2.36. The van der Waals surface area contributed by atoms with Crippen molar-refractivity contribution < 1.29 is 29.0 Å². The lowest BCUT2D eigenvalue weighted by Gasteiger charge is -2.28. The maximum atomic E-state index is 13.2. The van der Waals surface area contributed by atoms with Gasteiger partial charge in [0, 0.05) is 21.3 Å². The third-order valence-corrected chi connectivity index (χ3v) is 7.04. The quantitative estimate of drug-likeness (QED) is 0.0697. The molecule has 4 rings (SSSR count). The molecule has 0 aromatic heterocycles. The summed E-state index contributed by atoms with van der Waals surface area (Å²) in [6.07, 6.45) is 1.14. The van der Waals surface area contributed by atoms with Gasteiger partial charge in [0.2, 0.25) is 5.91 Å². The lowest BCUT2D eigenvalue weighted by atomic mass is 9.99. The molecule has 0 aliphatic carbocycles. The molecule has 0 bridgehead atoms. The Kier molecular flexibility index (Phi) is 11.1. The van der Waals surface area contributed by atoms with Gasteiger partial charge in [0.1, 0.15) is 17.6 Å². The average Bonchev–Trinajstić information content (AvgIpc) is 3.01. The van der Waals surface area contributed by atoms with Crippen LogP contribution in [0.15, 0.2) is 114 Å². The Bertz CT molecular complexity index is 1630. The number of hydrogen-bond acceptors (Lipinski definition) is 7. The minimum atomic E-state index is -1.06. The predicted molar refractivity (Wildman–Crippen MR) is 174 cm³/mol. The number of halogens is 1. The summed E-state index contributed by atoms with van der Waals surface area (Å²) in [5.74, 6) is -0.00656. The molecule has 9 nitrogen and oxygen atoms in total. The lowest BCUT2D eigenvalue weighted by molar-refractivity contribution is -0.111. The molecule has 0 radical (unpaired) electrons. The van der Waals surface area contributed by atoms with Crippen LogP contribution in [0.2, 0.25) is 0 Å². The minimum absolute atomic E-state index is 0.0890. The van der Waals surface area contributed by atoms with Crippen molar-refractivity contribution in [3.05, 3.63) is 125 Å². The van der Waals surface area contributed by atoms with Crippen molar-refractivity contribution >= 4 is 50.8 Å². The first kappa shape index (κ1) is 31.8. The summed E-state index contributed by atoms with van der Waals surface area (Å²) in [5.41, 5.74) is 8.12. The highest BCUT2D eigenvalue weighted by molar-refractivity contribution is 9.10. The zero-order chi connectivity index (χ0) is 31.5. The van der Waals surface area contributed by atoms with E-state index in [0.29, 0.717) is 51.3 Å². The Hall–Kier alpha value is -5.09. The topological polar surface area (TPSA) is 140 Å². The number of hydrogen-bond donors (Lipinski definition) is 4. The molecule has 0 saturated heterocycles. The normalized spacial score (nSPS) is 12.2. The zero-order valence-corrected chi connectivity index (χ0v) is 25.5. The SMILES string of the molecule is CC(=O)c1ccc(NC(=O)O[C@@H](c2cc(Br)ccc2O)[C@H](CC/C=C/C(=O)Nc2ccccc2N)Oc2ccccc2)cc1. The van der Waals surface area contributed by atoms with Crippen LogP contribution in [-0.4, -0.2) is 29.0 Å². The van der Waals surface area contributed by atoms with Gasteiger partial charge < -0.3 is 25.6 Å². The van der Waals surface area contributed by atoms with E-state index in [1.54, 1.807) is 78.9 Å². The number of aromatic hydroxyl groups is 1. The van der Waals surface area contributed by atoms with E-state index < -0.39 is 18.3 Å². The molecule has 5 N–H and O–H groups in total. The summed E-state index contributed by atoms with van der Waals surface area (Å²) >= 11 is 3.43. The van der Waals surface area contributed by atoms with Crippen LogP contribution < -0.4 is 21.1 Å². The van der Waals surface area contributed by atoms with Crippen molar-refractivity contribution in [1.82, 2.24) is 0 Å². The molecule has 4 aromatic carbocycles. The highest BCUT2D eigenvalue weighted by Gasteiger charge is 2.31. The second-order valence-electron chi connectivity index (χ2n) is 9.81. The van der Waals surface area contributed by atoms with Crippen molar-refractivity contribution in [1.29, 1.82) is 0 Å². The summed E-state index contributed by atoms with van der Waals surface area (Å²) in [6.45, 7) is 1.46. The third-order valence-electron chi connectivity index (χ3n) is 6.54. The number of ether oxygens (including phenoxy) is 2. The van der Waals surface area contributed by atoms with Gasteiger partial charge in [-0.1, -0.05) is 52.3 Å². The number of carbonyl (C=O) groups excluding carboxylic acids is 3. The standard InChI is InChI=1S/C34H32BrN3O6/c1-22(39)23-15-18-25(19-16-23)37-34(42)44-33(27-21-24(35)17-20-30(27)40)31(43-26-9-3-2-4-10-26)13-7-8-14-32(41)38-29-12-6-5-11-28(29)36/h2-6,8-12,14-21,31,33,40H,7,13,36H2,1H3,(H,37,42)(H,38,41)/b14-8+/t31-,33-/m0/s1. The number of benzene rings is 4. The summed E-state index contributed by atoms with van der Waals surface area (Å²) in [5, 5.41) is 16.2. The van der Waals surface area contributed by atoms with E-state index in [-0.39, 0.29) is 17.4 Å². The van der Waals surface area contributed by atoms with Crippen LogP contribution in [0.5, 0.6) is 11.5 Å². The molecule has 0 heterocycles. The van der Waals surface area contributed by atoms with Crippen molar-refractivity contribution in [2.45, 2.75) is 32.0 Å². The molecule has 226 valence electrons. The first-order chi connectivity index (χ1) is 21.2. The van der Waals surface area contributed by atoms with Crippen LogP contribution in [0.1, 0.15) is 41.8 Å². The second kappa shape index (κ2) is 15.4. The lowest BCUT2D eigenvalue weighted by Crippen LogP contribution is -2.31. The van der Waals surface area contributed by atoms with Gasteiger partial charge in [0.25, 0.3) is 0 Å². The van der Waals surface area contributed by atoms with Gasteiger partial charge in [-0.3, -0.25) is 14.9 Å². The summed E-state index contributed by atoms with van der Waals surface area (Å²) in [6, 6.07) is 27.2. The van der Waals surface area contributed by atoms with Gasteiger partial charge in [-0.2, -0.15) is 0 Å². The Labute approximate surface area is 263 Å². The smallest absolute Gasteiger partial charge is 0.412 e. The highest BCUT2D eigenvalue weighted by atomic mass is 79.9. The Morgan fingerprint density at radius 2 is 1.64 bits per heavy atom. The fraction of sp³-hybridized carbons (Fsp3) is 0.147. The van der Waals surface area contributed by atoms with E-state index in [9.17, 15) is 19.5 Å². The molecule has 2 amide bonds. The van der Waals surface area contributed by atoms with Crippen molar-refractivity contribution in [2.75, 3.05) is 16.4 Å². The molecule has 0 spiro atoms. The summed E-state index contributed by atoms with van der Waals surface area (Å²) < 4.78 is 12.9. The van der Waals surface area contributed by atoms with E-state index in [2.05, 4.69) is 26.6 Å². The van der Waals surface area contributed by atoms with Gasteiger partial charge >= 0.3 is 6.09 Å². The molecule has 0 saturated carbocycles. The predicted octanol–water partition coefficient (Wildman–Crippen LogP) is 7.65. The molecule has 4 aromatic rings. The third kappa shape index (κ3) is 9.20. The number of para-hydroxylation sites is 3. The van der Waals surface area contributed by atoms with E-state index in [4.69, 9.17) is 15.2 Å². The molecule has 10 heteroatoms. The maximum Gasteiger partial charge on any atom is 0.412 e. The molecule has 44 heavy (non-hydrogen) atoms. The Balaban J connectivity index is 1.56. The maximum absolute atomic E-state index is 13.2. The molecule has 0 fully saturated rings. The largest absolute Gasteiger partial charge is 0.508 e. The Morgan fingerprint density at radius 1 is 0.932 bits per heavy atom. The van der Waals surface area contributed by atoms with Gasteiger partial charge in [-0.25, -0.2) is 4.79 Å².